The highest BCUT2D eigenvalue weighted by Gasteiger charge is 2.37. The molecule has 0 radical (unpaired) electrons. The Labute approximate surface area is 784 Å². The van der Waals surface area contributed by atoms with E-state index in [1.165, 1.54) is 42.5 Å². The van der Waals surface area contributed by atoms with Crippen LogP contribution in [0.1, 0.15) is 199 Å². The molecule has 10 aromatic rings. The Morgan fingerprint density at radius 1 is 0.252 bits per heavy atom. The summed E-state index contributed by atoms with van der Waals surface area (Å²) in [5, 5.41) is 41.6. The summed E-state index contributed by atoms with van der Waals surface area (Å²) in [7, 11) is 0. The molecule has 5 aliphatic heterocycles. The summed E-state index contributed by atoms with van der Waals surface area (Å²) >= 11 is 0. The highest BCUT2D eigenvalue weighted by atomic mass is 19.2. The minimum Gasteiger partial charge on any atom is -0.352 e. The minimum absolute atomic E-state index is 0.00713. The average Bonchev–Trinajstić information content (AvgIpc) is 1.64. The molecule has 10 aliphatic rings. The maximum absolute atomic E-state index is 14.2. The van der Waals surface area contributed by atoms with Crippen LogP contribution in [0, 0.1) is 75.3 Å². The molecule has 0 spiro atoms. The molecule has 5 aromatic heterocycles. The molecule has 5 aromatic carbocycles. The molecule has 5 aliphatic carbocycles. The third-order valence-corrected chi connectivity index (χ3v) is 26.9. The van der Waals surface area contributed by atoms with Gasteiger partial charge in [-0.1, -0.05) is 36.4 Å². The summed E-state index contributed by atoms with van der Waals surface area (Å²) in [4.78, 5) is 83.0. The van der Waals surface area contributed by atoms with Crippen LogP contribution in [0.15, 0.2) is 140 Å². The maximum Gasteiger partial charge on any atom is 0.227 e. The van der Waals surface area contributed by atoms with E-state index in [0.29, 0.717) is 121 Å². The van der Waals surface area contributed by atoms with Gasteiger partial charge in [-0.15, -0.1) is 25.5 Å². The molecule has 20 rings (SSSR count). The molecule has 0 unspecified atom stereocenters. The molecule has 0 bridgehead atoms. The van der Waals surface area contributed by atoms with E-state index in [9.17, 15) is 54.7 Å². The second kappa shape index (κ2) is 42.9. The van der Waals surface area contributed by atoms with Crippen molar-refractivity contribution in [2.45, 2.75) is 199 Å². The monoisotopic (exact) mass is 1850 g/mol. The molecule has 710 valence electrons. The van der Waals surface area contributed by atoms with Crippen LogP contribution in [-0.4, -0.2) is 234 Å². The van der Waals surface area contributed by atoms with Gasteiger partial charge in [0.05, 0.1) is 60.6 Å². The Morgan fingerprint density at radius 3 is 0.696 bits per heavy atom. The van der Waals surface area contributed by atoms with Gasteiger partial charge in [0.15, 0.2) is 29.1 Å². The zero-order chi connectivity index (χ0) is 94.8. The van der Waals surface area contributed by atoms with Gasteiger partial charge in [-0.3, -0.25) is 24.0 Å². The van der Waals surface area contributed by atoms with Gasteiger partial charge in [0.2, 0.25) is 29.5 Å². The first kappa shape index (κ1) is 95.5. The summed E-state index contributed by atoms with van der Waals surface area (Å²) in [5.74, 6) is 2.63. The number of hydrogen-bond donors (Lipinski definition) is 0. The average molecular weight is 1850 g/mol. The Kier molecular flexibility index (Phi) is 30.4. The van der Waals surface area contributed by atoms with Crippen molar-refractivity contribution in [1.82, 2.24) is 75.5 Å². The number of carbonyl (C=O) groups is 5. The van der Waals surface area contributed by atoms with Gasteiger partial charge in [0, 0.05) is 141 Å². The number of aryl methyl sites for hydroxylation is 5. The Hall–Kier alpha value is -12.6. The van der Waals surface area contributed by atoms with E-state index in [1.807, 2.05) is 146 Å². The molecule has 0 N–H and O–H groups in total. The summed E-state index contributed by atoms with van der Waals surface area (Å²) in [6.45, 7) is 26.6. The van der Waals surface area contributed by atoms with Crippen LogP contribution in [0.2, 0.25) is 0 Å². The third-order valence-electron chi connectivity index (χ3n) is 26.9. The fourth-order valence-electron chi connectivity index (χ4n) is 18.4. The lowest BCUT2D eigenvalue weighted by Crippen LogP contribution is -2.54. The summed E-state index contributed by atoms with van der Waals surface area (Å²) in [5.41, 5.74) is 10.2. The van der Waals surface area contributed by atoms with Crippen LogP contribution < -0.4 is 24.5 Å². The van der Waals surface area contributed by atoms with Crippen molar-refractivity contribution in [1.29, 1.82) is 0 Å². The summed E-state index contributed by atoms with van der Waals surface area (Å²) < 4.78 is 99.4. The molecular weight excluding hydrogens is 1730 g/mol. The second-order valence-electron chi connectivity index (χ2n) is 37.8. The molecule has 32 heteroatoms. The van der Waals surface area contributed by atoms with Gasteiger partial charge >= 0.3 is 0 Å². The van der Waals surface area contributed by atoms with Gasteiger partial charge in [-0.25, -0.2) is 30.7 Å². The van der Waals surface area contributed by atoms with Crippen LogP contribution in [0.4, 0.5) is 59.8 Å². The Morgan fingerprint density at radius 2 is 0.474 bits per heavy atom. The van der Waals surface area contributed by atoms with Crippen molar-refractivity contribution in [2.24, 2.45) is 0 Å². The van der Waals surface area contributed by atoms with Crippen LogP contribution in [0.25, 0.3) is 0 Å². The number of halogens is 7. The van der Waals surface area contributed by atoms with Crippen LogP contribution in [0.3, 0.4) is 0 Å². The first-order valence-corrected chi connectivity index (χ1v) is 47.6. The molecule has 10 fully saturated rings. The predicted molar refractivity (Wildman–Crippen MR) is 502 cm³/mol. The molecular formula is C103H119F7N20O5. The van der Waals surface area contributed by atoms with E-state index >= 15 is 0 Å². The number of piperazine rings is 5. The fraction of sp³-hybridized carbons (Fsp3) is 0.466. The standard InChI is InChI=1S/3C21H25FN4O.2C20H22F2N4O/c3*1-14-3-8-20(24-23-14)26-10-9-25(13-15(26)2)21(27)12-16-4-7-18(17-5-6-17)19(22)11-16;2*1-13-2-5-18(24-23-13)25-6-8-26(9-7-25)19(27)12-14-10-16(21)20(15-3-4-15)17(22)11-14/h3*3-4,7-8,11,15,17H,5-6,9-10,12-13H2,1-2H3;2*2,5,10-11,15H,3-4,6-9,12H2,1H3/t3*15-;;/m100../s1. The lowest BCUT2D eigenvalue weighted by molar-refractivity contribution is -0.132. The lowest BCUT2D eigenvalue weighted by Gasteiger charge is -2.40. The predicted octanol–water partition coefficient (Wildman–Crippen LogP) is 14.9. The number of benzene rings is 5. The summed E-state index contributed by atoms with van der Waals surface area (Å²) in [6.07, 6.45) is 10.6. The van der Waals surface area contributed by atoms with E-state index in [-0.39, 0.29) is 120 Å². The Bertz CT molecular complexity index is 5310. The molecule has 5 saturated heterocycles. The topological polar surface area (TPSA) is 247 Å². The highest BCUT2D eigenvalue weighted by molar-refractivity contribution is 5.82. The van der Waals surface area contributed by atoms with Crippen molar-refractivity contribution in [2.75, 3.05) is 136 Å². The second-order valence-corrected chi connectivity index (χ2v) is 37.8. The van der Waals surface area contributed by atoms with Crippen LogP contribution >= 0.6 is 0 Å². The van der Waals surface area contributed by atoms with Crippen LogP contribution in [-0.2, 0) is 56.1 Å². The molecule has 10 heterocycles. The first-order valence-electron chi connectivity index (χ1n) is 47.6. The third kappa shape index (κ3) is 25.1. The minimum atomic E-state index is -0.525. The fourth-order valence-corrected chi connectivity index (χ4v) is 18.4. The van der Waals surface area contributed by atoms with Gasteiger partial charge in [0.25, 0.3) is 0 Å². The normalized spacial score (nSPS) is 18.9. The van der Waals surface area contributed by atoms with E-state index in [1.54, 1.807) is 9.80 Å². The number of anilines is 5. The molecule has 135 heavy (non-hydrogen) atoms. The number of hydrogen-bond acceptors (Lipinski definition) is 20. The number of amides is 5. The zero-order valence-corrected chi connectivity index (χ0v) is 78.2. The quantitative estimate of drug-likeness (QED) is 0.0643. The van der Waals surface area contributed by atoms with Crippen LogP contribution in [0.5, 0.6) is 0 Å². The van der Waals surface area contributed by atoms with Gasteiger partial charge in [-0.05, 0) is 297 Å². The molecule has 25 nitrogen and oxygen atoms in total. The molecule has 3 atom stereocenters. The number of aromatic nitrogens is 10. The number of rotatable bonds is 20. The number of carbonyl (C=O) groups excluding carboxylic acids is 5. The SMILES string of the molecule is Cc1ccc(N2CCN(C(=O)Cc3cc(F)c(C4CC4)c(F)c3)CC2)nn1.Cc1ccc(N2CCN(C(=O)Cc3cc(F)c(C4CC4)c(F)c3)CC2)nn1.Cc1ccc(N2CCN(C(=O)Cc3ccc(C4CC4)c(F)c3)C[C@@H]2C)nn1.Cc1ccc(N2CCN(C(=O)Cc3ccc(C4CC4)c(F)c3)C[C@@H]2C)nn1.Cc1ccc(N2CCN(C(=O)Cc3ccc(C4CC4)c(F)c3)C[C@H]2C)nn1. The lowest BCUT2D eigenvalue weighted by atomic mass is 10.0. The maximum atomic E-state index is 14.2. The van der Waals surface area contributed by atoms with E-state index < -0.39 is 23.3 Å². The van der Waals surface area contributed by atoms with E-state index in [2.05, 4.69) is 96.3 Å². The summed E-state index contributed by atoms with van der Waals surface area (Å²) in [6, 6.07) is 41.0. The number of nitrogens with zero attached hydrogens (tertiary/aromatic N) is 20. The highest BCUT2D eigenvalue weighted by Crippen LogP contribution is 2.46. The van der Waals surface area contributed by atoms with Crippen molar-refractivity contribution in [3.8, 4) is 0 Å². The Balaban J connectivity index is 0.000000123. The largest absolute Gasteiger partial charge is 0.352 e. The van der Waals surface area contributed by atoms with Crippen molar-refractivity contribution < 1.29 is 54.7 Å². The van der Waals surface area contributed by atoms with Crippen molar-refractivity contribution >= 4 is 58.6 Å². The van der Waals surface area contributed by atoms with E-state index in [4.69, 9.17) is 0 Å². The molecule has 5 saturated carbocycles. The smallest absolute Gasteiger partial charge is 0.227 e. The van der Waals surface area contributed by atoms with E-state index in [0.717, 1.165) is 175 Å². The van der Waals surface area contributed by atoms with Crippen molar-refractivity contribution in [3.05, 3.63) is 264 Å². The van der Waals surface area contributed by atoms with Crippen molar-refractivity contribution in [3.63, 3.8) is 0 Å². The van der Waals surface area contributed by atoms with Gasteiger partial charge < -0.3 is 49.0 Å². The zero-order valence-electron chi connectivity index (χ0n) is 78.2. The first-order chi connectivity index (χ1) is 65.0. The van der Waals surface area contributed by atoms with Gasteiger partial charge in [0.1, 0.15) is 40.7 Å². The molecule has 5 amide bonds. The van der Waals surface area contributed by atoms with Gasteiger partial charge in [-0.2, -0.15) is 25.5 Å².